The Morgan fingerprint density at radius 3 is 1.32 bits per heavy atom. The highest BCUT2D eigenvalue weighted by Gasteiger charge is 2.09. The van der Waals surface area contributed by atoms with Crippen molar-refractivity contribution in [3.05, 3.63) is 108 Å². The number of aliphatic hydroxyl groups excluding tert-OH is 2. The molecule has 0 aliphatic rings. The molecule has 0 unspecified atom stereocenters. The third-order valence-electron chi connectivity index (χ3n) is 5.71. The van der Waals surface area contributed by atoms with E-state index in [-0.39, 0.29) is 13.2 Å². The molecule has 4 aromatic rings. The van der Waals surface area contributed by atoms with Crippen LogP contribution in [0.1, 0.15) is 25.0 Å². The third-order valence-corrected chi connectivity index (χ3v) is 5.71. The Hall–Kier alpha value is -3.86. The number of aliphatic hydroxyl groups is 2. The summed E-state index contributed by atoms with van der Waals surface area (Å²) in [5.74, 6) is 2.97. The minimum Gasteiger partial charge on any atom is -0.457 e. The third kappa shape index (κ3) is 5.37. The fourth-order valence-electron chi connectivity index (χ4n) is 3.77. The first kappa shape index (κ1) is 23.3. The van der Waals surface area contributed by atoms with Gasteiger partial charge in [-0.3, -0.25) is 0 Å². The van der Waals surface area contributed by atoms with Crippen LogP contribution in [0.25, 0.3) is 21.9 Å². The molecule has 172 valence electrons. The van der Waals surface area contributed by atoms with Crippen molar-refractivity contribution in [1.29, 1.82) is 0 Å². The average Bonchev–Trinajstić information content (AvgIpc) is 2.86. The van der Waals surface area contributed by atoms with Crippen LogP contribution in [-0.4, -0.2) is 23.4 Å². The summed E-state index contributed by atoms with van der Waals surface area (Å²) in [5.41, 5.74) is 4.13. The number of fused-ring (bicyclic) bond motifs is 1. The molecular weight excluding hydrogens is 424 g/mol. The molecule has 0 heterocycles. The molecule has 4 rings (SSSR count). The van der Waals surface area contributed by atoms with E-state index in [1.165, 1.54) is 0 Å². The van der Waals surface area contributed by atoms with Crippen LogP contribution in [0, 0.1) is 0 Å². The van der Waals surface area contributed by atoms with Gasteiger partial charge in [0.25, 0.3) is 0 Å². The molecule has 34 heavy (non-hydrogen) atoms. The van der Waals surface area contributed by atoms with Crippen molar-refractivity contribution >= 4 is 21.9 Å². The number of rotatable bonds is 8. The van der Waals surface area contributed by atoms with E-state index in [0.717, 1.165) is 56.0 Å². The maximum absolute atomic E-state index is 9.10. The summed E-state index contributed by atoms with van der Waals surface area (Å²) in [7, 11) is 0. The Labute approximate surface area is 200 Å². The lowest BCUT2D eigenvalue weighted by molar-refractivity contribution is 0.343. The zero-order valence-electron chi connectivity index (χ0n) is 19.4. The van der Waals surface area contributed by atoms with Crippen LogP contribution in [0.3, 0.4) is 0 Å². The van der Waals surface area contributed by atoms with E-state index in [1.807, 2.05) is 98.8 Å². The molecule has 4 aromatic carbocycles. The van der Waals surface area contributed by atoms with Gasteiger partial charge in [0.05, 0.1) is 13.2 Å². The van der Waals surface area contributed by atoms with Gasteiger partial charge < -0.3 is 19.7 Å². The number of hydrogen-bond acceptors (Lipinski definition) is 4. The smallest absolute Gasteiger partial charge is 0.135 e. The lowest BCUT2D eigenvalue weighted by atomic mass is 10.1. The van der Waals surface area contributed by atoms with Gasteiger partial charge in [0.15, 0.2) is 0 Å². The van der Waals surface area contributed by atoms with E-state index >= 15 is 0 Å². The lowest BCUT2D eigenvalue weighted by Gasteiger charge is -2.13. The van der Waals surface area contributed by atoms with Crippen molar-refractivity contribution in [2.75, 3.05) is 13.2 Å². The summed E-state index contributed by atoms with van der Waals surface area (Å²) in [4.78, 5) is 0. The summed E-state index contributed by atoms with van der Waals surface area (Å²) >= 11 is 0. The Balaban J connectivity index is 1.58. The molecule has 0 bridgehead atoms. The first-order chi connectivity index (χ1) is 16.6. The van der Waals surface area contributed by atoms with Crippen LogP contribution >= 0.6 is 0 Å². The monoisotopic (exact) mass is 452 g/mol. The quantitative estimate of drug-likeness (QED) is 0.296. The molecule has 0 atom stereocenters. The molecule has 0 amide bonds. The van der Waals surface area contributed by atoms with Crippen LogP contribution in [0.15, 0.2) is 97.1 Å². The van der Waals surface area contributed by atoms with Crippen molar-refractivity contribution in [3.8, 4) is 23.0 Å². The highest BCUT2D eigenvalue weighted by atomic mass is 16.5. The highest BCUT2D eigenvalue weighted by molar-refractivity contribution is 5.93. The summed E-state index contributed by atoms with van der Waals surface area (Å²) in [6.45, 7) is 3.99. The lowest BCUT2D eigenvalue weighted by Crippen LogP contribution is -1.90. The standard InChI is InChI=1S/C30H28O4/c1-21(17-19-31)23-9-13-25(14-10-23)33-29-7-3-6-28-27(29)5-4-8-30(28)34-26-15-11-24(12-16-26)22(2)18-20-32/h3-18,31-32H,19-20H2,1-2H3/b21-17+,22-18+. The van der Waals surface area contributed by atoms with E-state index in [1.54, 1.807) is 12.2 Å². The van der Waals surface area contributed by atoms with Crippen LogP contribution in [-0.2, 0) is 0 Å². The molecule has 0 radical (unpaired) electrons. The van der Waals surface area contributed by atoms with Gasteiger partial charge in [0, 0.05) is 10.8 Å². The van der Waals surface area contributed by atoms with Crippen molar-refractivity contribution < 1.29 is 19.7 Å². The second kappa shape index (κ2) is 10.8. The number of hydrogen-bond donors (Lipinski definition) is 2. The Morgan fingerprint density at radius 1 is 0.588 bits per heavy atom. The van der Waals surface area contributed by atoms with Crippen LogP contribution in [0.4, 0.5) is 0 Å². The van der Waals surface area contributed by atoms with Gasteiger partial charge >= 0.3 is 0 Å². The molecule has 0 aliphatic heterocycles. The van der Waals surface area contributed by atoms with E-state index in [4.69, 9.17) is 19.7 Å². The minimum atomic E-state index is 0.0229. The summed E-state index contributed by atoms with van der Waals surface area (Å²) < 4.78 is 12.4. The van der Waals surface area contributed by atoms with E-state index in [9.17, 15) is 0 Å². The molecule has 0 aromatic heterocycles. The van der Waals surface area contributed by atoms with Crippen LogP contribution in [0.5, 0.6) is 23.0 Å². The molecule has 0 saturated carbocycles. The van der Waals surface area contributed by atoms with Crippen molar-refractivity contribution in [2.45, 2.75) is 13.8 Å². The fourth-order valence-corrected chi connectivity index (χ4v) is 3.77. The fraction of sp³-hybridized carbons (Fsp3) is 0.133. The predicted molar refractivity (Wildman–Crippen MR) is 138 cm³/mol. The zero-order chi connectivity index (χ0) is 23.9. The SMILES string of the molecule is C/C(=C\CO)c1ccc(Oc2cccc3c(Oc4ccc(/C(C)=C/CO)cc4)cccc23)cc1. The molecule has 4 nitrogen and oxygen atoms in total. The number of ether oxygens (including phenoxy) is 2. The molecular formula is C30H28O4. The predicted octanol–water partition coefficient (Wildman–Crippen LogP) is 7.22. The van der Waals surface area contributed by atoms with E-state index < -0.39 is 0 Å². The molecule has 0 saturated heterocycles. The number of benzene rings is 4. The first-order valence-electron chi connectivity index (χ1n) is 11.2. The summed E-state index contributed by atoms with van der Waals surface area (Å²) in [6.07, 6.45) is 3.56. The first-order valence-corrected chi connectivity index (χ1v) is 11.2. The van der Waals surface area contributed by atoms with E-state index in [2.05, 4.69) is 0 Å². The molecule has 0 fully saturated rings. The van der Waals surface area contributed by atoms with Gasteiger partial charge in [-0.25, -0.2) is 0 Å². The second-order valence-corrected chi connectivity index (χ2v) is 8.00. The highest BCUT2D eigenvalue weighted by Crippen LogP contribution is 2.37. The minimum absolute atomic E-state index is 0.0229. The Bertz CT molecular complexity index is 1210. The van der Waals surface area contributed by atoms with Gasteiger partial charge in [-0.1, -0.05) is 60.7 Å². The van der Waals surface area contributed by atoms with Crippen LogP contribution < -0.4 is 9.47 Å². The maximum Gasteiger partial charge on any atom is 0.135 e. The van der Waals surface area contributed by atoms with Crippen molar-refractivity contribution in [1.82, 2.24) is 0 Å². The van der Waals surface area contributed by atoms with Crippen LogP contribution in [0.2, 0.25) is 0 Å². The van der Waals surface area contributed by atoms with Crippen molar-refractivity contribution in [3.63, 3.8) is 0 Å². The topological polar surface area (TPSA) is 58.9 Å². The normalized spacial score (nSPS) is 12.1. The second-order valence-electron chi connectivity index (χ2n) is 8.00. The Morgan fingerprint density at radius 2 is 0.971 bits per heavy atom. The molecule has 0 spiro atoms. The van der Waals surface area contributed by atoms with Gasteiger partial charge in [0.2, 0.25) is 0 Å². The van der Waals surface area contributed by atoms with Crippen molar-refractivity contribution in [2.24, 2.45) is 0 Å². The maximum atomic E-state index is 9.10. The van der Waals surface area contributed by atoms with Gasteiger partial charge in [0.1, 0.15) is 23.0 Å². The largest absolute Gasteiger partial charge is 0.457 e. The summed E-state index contributed by atoms with van der Waals surface area (Å²) in [6, 6.07) is 27.5. The van der Waals surface area contributed by atoms with E-state index in [0.29, 0.717) is 0 Å². The van der Waals surface area contributed by atoms with Gasteiger partial charge in [-0.2, -0.15) is 0 Å². The molecule has 2 N–H and O–H groups in total. The van der Waals surface area contributed by atoms with Gasteiger partial charge in [-0.15, -0.1) is 0 Å². The average molecular weight is 453 g/mol. The number of allylic oxidation sites excluding steroid dienone is 2. The molecule has 0 aliphatic carbocycles. The summed E-state index contributed by atoms with van der Waals surface area (Å²) in [5, 5.41) is 20.1. The zero-order valence-corrected chi connectivity index (χ0v) is 19.4. The Kier molecular flexibility index (Phi) is 7.43. The molecule has 4 heteroatoms. The van der Waals surface area contributed by atoms with Gasteiger partial charge in [-0.05, 0) is 72.5 Å².